The number of amides is 1. The molecule has 7 heteroatoms. The number of carboxylic acids is 1. The first-order valence-electron chi connectivity index (χ1n) is 9.70. The summed E-state index contributed by atoms with van der Waals surface area (Å²) in [5.74, 6) is -1.89. The van der Waals surface area contributed by atoms with Crippen molar-refractivity contribution in [3.8, 4) is 0 Å². The average molecular weight is 393 g/mol. The highest BCUT2D eigenvalue weighted by Gasteiger charge is 2.41. The van der Waals surface area contributed by atoms with E-state index >= 15 is 0 Å². The Labute approximate surface area is 168 Å². The molecule has 7 nitrogen and oxygen atoms in total. The van der Waals surface area contributed by atoms with Crippen LogP contribution in [0.4, 0.5) is 0 Å². The number of likely N-dealkylation sites (tertiary alicyclic amines) is 1. The maximum Gasteiger partial charge on any atom is 0.308 e. The quantitative estimate of drug-likeness (QED) is 0.728. The maximum atomic E-state index is 13.5. The lowest BCUT2D eigenvalue weighted by Gasteiger charge is -2.18. The summed E-state index contributed by atoms with van der Waals surface area (Å²) in [6.45, 7) is 6.28. The van der Waals surface area contributed by atoms with Crippen molar-refractivity contribution in [3.63, 3.8) is 0 Å². The van der Waals surface area contributed by atoms with Crippen LogP contribution < -0.4 is 0 Å². The average Bonchev–Trinajstić information content (AvgIpc) is 3.32. The van der Waals surface area contributed by atoms with Gasteiger partial charge in [0.2, 0.25) is 0 Å². The summed E-state index contributed by atoms with van der Waals surface area (Å²) >= 11 is 0. The van der Waals surface area contributed by atoms with E-state index in [1.807, 2.05) is 44.2 Å². The summed E-state index contributed by atoms with van der Waals surface area (Å²) in [6.07, 6.45) is 0. The zero-order valence-corrected chi connectivity index (χ0v) is 16.6. The molecule has 1 N–H and O–H groups in total. The third-order valence-electron chi connectivity index (χ3n) is 5.61. The summed E-state index contributed by atoms with van der Waals surface area (Å²) in [7, 11) is 0. The zero-order valence-electron chi connectivity index (χ0n) is 16.6. The Morgan fingerprint density at radius 1 is 1.21 bits per heavy atom. The third-order valence-corrected chi connectivity index (χ3v) is 5.61. The molecule has 1 aliphatic heterocycles. The fourth-order valence-electron chi connectivity index (χ4n) is 4.01. The highest BCUT2D eigenvalue weighted by atomic mass is 16.5. The molecule has 2 aromatic heterocycles. The van der Waals surface area contributed by atoms with Crippen molar-refractivity contribution >= 4 is 23.0 Å². The van der Waals surface area contributed by atoms with Crippen LogP contribution in [0.2, 0.25) is 0 Å². The second-order valence-corrected chi connectivity index (χ2v) is 7.87. The van der Waals surface area contributed by atoms with Crippen molar-refractivity contribution in [2.24, 2.45) is 5.92 Å². The summed E-state index contributed by atoms with van der Waals surface area (Å²) in [4.78, 5) is 31.5. The third kappa shape index (κ3) is 3.37. The molecule has 1 aliphatic rings. The molecule has 29 heavy (non-hydrogen) atoms. The Kier molecular flexibility index (Phi) is 4.82. The second-order valence-electron chi connectivity index (χ2n) is 7.87. The molecule has 2 unspecified atom stereocenters. The van der Waals surface area contributed by atoms with Crippen LogP contribution in [-0.2, 0) is 4.79 Å². The number of nitrogens with zero attached hydrogens (tertiary/aromatic N) is 3. The number of pyridine rings is 1. The fraction of sp³-hybridized carbons (Fsp3) is 0.364. The normalized spacial score (nSPS) is 19.2. The largest absolute Gasteiger partial charge is 0.481 e. The Hall–Kier alpha value is -3.22. The van der Waals surface area contributed by atoms with Crippen molar-refractivity contribution in [2.75, 3.05) is 13.1 Å². The van der Waals surface area contributed by atoms with Gasteiger partial charge in [-0.2, -0.15) is 0 Å². The SMILES string of the molecule is Cc1noc2nc(C(C)C)cc(C(=O)N3CC(C(=O)O)C(c4ccccc4)C3)c12. The molecule has 0 spiro atoms. The number of carboxylic acid groups (broad SMARTS) is 1. The monoisotopic (exact) mass is 393 g/mol. The molecule has 3 heterocycles. The fourth-order valence-corrected chi connectivity index (χ4v) is 4.01. The number of benzene rings is 1. The maximum absolute atomic E-state index is 13.5. The standard InChI is InChI=1S/C22H23N3O4/c1-12(2)18-9-15(19-13(3)24-29-20(19)23-18)21(26)25-10-16(17(11-25)22(27)28)14-7-5-4-6-8-14/h4-9,12,16-17H,10-11H2,1-3H3,(H,27,28). The van der Waals surface area contributed by atoms with Crippen LogP contribution in [0.1, 0.15) is 53.0 Å². The van der Waals surface area contributed by atoms with Crippen molar-refractivity contribution < 1.29 is 19.2 Å². The van der Waals surface area contributed by atoms with E-state index in [4.69, 9.17) is 4.52 Å². The minimum atomic E-state index is -0.891. The van der Waals surface area contributed by atoms with Gasteiger partial charge in [0.25, 0.3) is 11.6 Å². The van der Waals surface area contributed by atoms with Crippen LogP contribution in [0.5, 0.6) is 0 Å². The Morgan fingerprint density at radius 3 is 2.59 bits per heavy atom. The summed E-state index contributed by atoms with van der Waals surface area (Å²) in [6, 6.07) is 11.3. The Morgan fingerprint density at radius 2 is 1.93 bits per heavy atom. The number of aliphatic carboxylic acids is 1. The topological polar surface area (TPSA) is 96.5 Å². The highest BCUT2D eigenvalue weighted by molar-refractivity contribution is 6.06. The summed E-state index contributed by atoms with van der Waals surface area (Å²) in [5.41, 5.74) is 3.07. The van der Waals surface area contributed by atoms with Gasteiger partial charge in [0.15, 0.2) is 0 Å². The number of aryl methyl sites for hydroxylation is 1. The minimum Gasteiger partial charge on any atom is -0.481 e. The molecule has 2 atom stereocenters. The molecule has 1 aromatic carbocycles. The van der Waals surface area contributed by atoms with Crippen LogP contribution in [0.15, 0.2) is 40.9 Å². The first-order chi connectivity index (χ1) is 13.9. The zero-order chi connectivity index (χ0) is 20.7. The molecule has 0 bridgehead atoms. The van der Waals surface area contributed by atoms with Gasteiger partial charge >= 0.3 is 5.97 Å². The molecule has 1 saturated heterocycles. The van der Waals surface area contributed by atoms with E-state index in [0.29, 0.717) is 28.9 Å². The van der Waals surface area contributed by atoms with E-state index in [2.05, 4.69) is 10.1 Å². The molecular weight excluding hydrogens is 370 g/mol. The van der Waals surface area contributed by atoms with E-state index in [1.165, 1.54) is 0 Å². The van der Waals surface area contributed by atoms with Crippen molar-refractivity contribution in [1.82, 2.24) is 15.0 Å². The van der Waals surface area contributed by atoms with Crippen LogP contribution >= 0.6 is 0 Å². The van der Waals surface area contributed by atoms with Crippen LogP contribution in [-0.4, -0.2) is 45.1 Å². The predicted octanol–water partition coefficient (Wildman–Crippen LogP) is 3.60. The van der Waals surface area contributed by atoms with E-state index in [1.54, 1.807) is 17.9 Å². The molecule has 150 valence electrons. The minimum absolute atomic E-state index is 0.110. The number of fused-ring (bicyclic) bond motifs is 1. The first kappa shape index (κ1) is 19.1. The molecule has 1 fully saturated rings. The number of carbonyl (C=O) groups excluding carboxylic acids is 1. The molecule has 1 amide bonds. The molecule has 3 aromatic rings. The number of carbonyl (C=O) groups is 2. The van der Waals surface area contributed by atoms with E-state index in [0.717, 1.165) is 11.3 Å². The van der Waals surface area contributed by atoms with E-state index < -0.39 is 11.9 Å². The highest BCUT2D eigenvalue weighted by Crippen LogP contribution is 2.35. The van der Waals surface area contributed by atoms with Gasteiger partial charge < -0.3 is 14.5 Å². The van der Waals surface area contributed by atoms with Crippen LogP contribution in [0.3, 0.4) is 0 Å². The van der Waals surface area contributed by atoms with Crippen molar-refractivity contribution in [1.29, 1.82) is 0 Å². The van der Waals surface area contributed by atoms with Gasteiger partial charge in [-0.05, 0) is 24.5 Å². The second kappa shape index (κ2) is 7.31. The van der Waals surface area contributed by atoms with Crippen molar-refractivity contribution in [2.45, 2.75) is 32.6 Å². The van der Waals surface area contributed by atoms with Gasteiger partial charge in [-0.15, -0.1) is 0 Å². The Bertz CT molecular complexity index is 1070. The van der Waals surface area contributed by atoms with Crippen LogP contribution in [0, 0.1) is 12.8 Å². The van der Waals surface area contributed by atoms with Gasteiger partial charge in [0.05, 0.1) is 22.6 Å². The Balaban J connectivity index is 1.73. The first-order valence-corrected chi connectivity index (χ1v) is 9.70. The summed E-state index contributed by atoms with van der Waals surface area (Å²) < 4.78 is 5.32. The van der Waals surface area contributed by atoms with Gasteiger partial charge in [-0.1, -0.05) is 49.3 Å². The number of rotatable bonds is 4. The van der Waals surface area contributed by atoms with Gasteiger partial charge in [0, 0.05) is 24.7 Å². The number of aromatic nitrogens is 2. The van der Waals surface area contributed by atoms with Gasteiger partial charge in [0.1, 0.15) is 0 Å². The lowest BCUT2D eigenvalue weighted by Crippen LogP contribution is -2.30. The number of hydrogen-bond acceptors (Lipinski definition) is 5. The van der Waals surface area contributed by atoms with E-state index in [9.17, 15) is 14.7 Å². The molecular formula is C22H23N3O4. The lowest BCUT2D eigenvalue weighted by atomic mass is 9.89. The van der Waals surface area contributed by atoms with E-state index in [-0.39, 0.29) is 24.3 Å². The molecule has 0 radical (unpaired) electrons. The molecule has 0 saturated carbocycles. The van der Waals surface area contributed by atoms with Crippen molar-refractivity contribution in [3.05, 3.63) is 58.9 Å². The smallest absolute Gasteiger partial charge is 0.308 e. The summed E-state index contributed by atoms with van der Waals surface area (Å²) in [5, 5.41) is 14.3. The molecule has 4 rings (SSSR count). The molecule has 0 aliphatic carbocycles. The lowest BCUT2D eigenvalue weighted by molar-refractivity contribution is -0.141. The predicted molar refractivity (Wildman–Crippen MR) is 107 cm³/mol. The van der Waals surface area contributed by atoms with Crippen LogP contribution in [0.25, 0.3) is 11.1 Å². The number of hydrogen-bond donors (Lipinski definition) is 1. The van der Waals surface area contributed by atoms with Gasteiger partial charge in [-0.25, -0.2) is 4.98 Å². The van der Waals surface area contributed by atoms with Gasteiger partial charge in [-0.3, -0.25) is 9.59 Å².